The lowest BCUT2D eigenvalue weighted by Crippen LogP contribution is -2.27. The fourth-order valence-corrected chi connectivity index (χ4v) is 2.22. The zero-order valence-corrected chi connectivity index (χ0v) is 12.4. The van der Waals surface area contributed by atoms with Crippen molar-refractivity contribution in [3.63, 3.8) is 0 Å². The topological polar surface area (TPSA) is 55.4 Å². The van der Waals surface area contributed by atoms with Gasteiger partial charge in [-0.2, -0.15) is 0 Å². The minimum absolute atomic E-state index is 0.335. The van der Waals surface area contributed by atoms with E-state index in [1.165, 1.54) is 47.8 Å². The van der Waals surface area contributed by atoms with Crippen molar-refractivity contribution in [2.24, 2.45) is 0 Å². The van der Waals surface area contributed by atoms with E-state index in [4.69, 9.17) is 4.74 Å². The highest BCUT2D eigenvalue weighted by atomic mass is 32.1. The van der Waals surface area contributed by atoms with Crippen LogP contribution in [-0.4, -0.2) is 18.5 Å². The van der Waals surface area contributed by atoms with Gasteiger partial charge in [0.25, 0.3) is 5.91 Å². The van der Waals surface area contributed by atoms with Gasteiger partial charge in [0.1, 0.15) is 5.82 Å². The zero-order valence-electron chi connectivity index (χ0n) is 11.6. The number of halogens is 1. The third kappa shape index (κ3) is 5.49. The molecule has 4 nitrogen and oxygen atoms in total. The Bertz CT molecular complexity index is 651. The number of carbonyl (C=O) groups is 2. The van der Waals surface area contributed by atoms with Crippen LogP contribution in [0.3, 0.4) is 0 Å². The van der Waals surface area contributed by atoms with Crippen LogP contribution in [0.4, 0.5) is 4.39 Å². The first-order chi connectivity index (χ1) is 10.6. The van der Waals surface area contributed by atoms with E-state index in [-0.39, 0.29) is 18.3 Å². The van der Waals surface area contributed by atoms with Crippen LogP contribution in [0.5, 0.6) is 0 Å². The Balaban J connectivity index is 1.70. The Kier molecular flexibility index (Phi) is 5.85. The van der Waals surface area contributed by atoms with Gasteiger partial charge in [0.15, 0.2) is 6.61 Å². The normalized spacial score (nSPS) is 10.6. The second-order valence-corrected chi connectivity index (χ2v) is 5.38. The number of ether oxygens (including phenoxy) is 1. The van der Waals surface area contributed by atoms with Crippen LogP contribution in [0.25, 0.3) is 6.08 Å². The van der Waals surface area contributed by atoms with E-state index in [2.05, 4.69) is 5.32 Å². The van der Waals surface area contributed by atoms with E-state index in [1.54, 1.807) is 0 Å². The van der Waals surface area contributed by atoms with Gasteiger partial charge in [-0.15, -0.1) is 11.3 Å². The molecular formula is C16H14FNO3S. The lowest BCUT2D eigenvalue weighted by Gasteiger charge is -2.03. The fraction of sp³-hybridized carbons (Fsp3) is 0.125. The number of benzene rings is 1. The molecule has 2 rings (SSSR count). The first-order valence-electron chi connectivity index (χ1n) is 6.53. The van der Waals surface area contributed by atoms with E-state index in [1.807, 2.05) is 17.5 Å². The number of thiophene rings is 1. The standard InChI is InChI=1S/C16H14FNO3S/c17-13-6-3-12(4-7-13)5-8-16(20)21-11-15(19)18-10-14-2-1-9-22-14/h1-9H,10-11H2,(H,18,19)/b8-5+. The van der Waals surface area contributed by atoms with Crippen molar-refractivity contribution >= 4 is 29.3 Å². The van der Waals surface area contributed by atoms with Crippen LogP contribution < -0.4 is 5.32 Å². The van der Waals surface area contributed by atoms with Gasteiger partial charge < -0.3 is 10.1 Å². The van der Waals surface area contributed by atoms with Crippen molar-refractivity contribution in [1.29, 1.82) is 0 Å². The molecule has 1 aromatic heterocycles. The average molecular weight is 319 g/mol. The Morgan fingerprint density at radius 1 is 1.23 bits per heavy atom. The van der Waals surface area contributed by atoms with E-state index in [9.17, 15) is 14.0 Å². The minimum Gasteiger partial charge on any atom is -0.452 e. The zero-order chi connectivity index (χ0) is 15.8. The number of amides is 1. The maximum atomic E-state index is 12.7. The monoisotopic (exact) mass is 319 g/mol. The van der Waals surface area contributed by atoms with E-state index >= 15 is 0 Å². The molecular weight excluding hydrogens is 305 g/mol. The van der Waals surface area contributed by atoms with Crippen LogP contribution in [0.15, 0.2) is 47.9 Å². The molecule has 1 heterocycles. The molecule has 1 N–H and O–H groups in total. The second-order valence-electron chi connectivity index (χ2n) is 4.35. The molecule has 0 aliphatic rings. The summed E-state index contributed by atoms with van der Waals surface area (Å²) in [4.78, 5) is 24.0. The molecule has 2 aromatic rings. The highest BCUT2D eigenvalue weighted by molar-refractivity contribution is 7.09. The number of hydrogen-bond acceptors (Lipinski definition) is 4. The molecule has 114 valence electrons. The van der Waals surface area contributed by atoms with Gasteiger partial charge in [-0.05, 0) is 35.2 Å². The molecule has 6 heteroatoms. The fourth-order valence-electron chi connectivity index (χ4n) is 1.57. The van der Waals surface area contributed by atoms with Crippen molar-refractivity contribution < 1.29 is 18.7 Å². The van der Waals surface area contributed by atoms with Crippen LogP contribution in [0.2, 0.25) is 0 Å². The van der Waals surface area contributed by atoms with Gasteiger partial charge in [-0.3, -0.25) is 4.79 Å². The molecule has 22 heavy (non-hydrogen) atoms. The SMILES string of the molecule is O=C(COC(=O)/C=C/c1ccc(F)cc1)NCc1cccs1. The molecule has 0 aliphatic carbocycles. The van der Waals surface area contributed by atoms with Crippen molar-refractivity contribution in [3.05, 3.63) is 64.1 Å². The predicted molar refractivity (Wildman–Crippen MR) is 82.6 cm³/mol. The first kappa shape index (κ1) is 15.9. The van der Waals surface area contributed by atoms with Gasteiger partial charge in [-0.1, -0.05) is 18.2 Å². The lowest BCUT2D eigenvalue weighted by molar-refractivity contribution is -0.143. The quantitative estimate of drug-likeness (QED) is 0.658. The summed E-state index contributed by atoms with van der Waals surface area (Å²) >= 11 is 1.54. The number of nitrogens with one attached hydrogen (secondary N) is 1. The average Bonchev–Trinajstić information content (AvgIpc) is 3.04. The van der Waals surface area contributed by atoms with Crippen LogP contribution in [0.1, 0.15) is 10.4 Å². The van der Waals surface area contributed by atoms with Gasteiger partial charge in [0.05, 0.1) is 6.54 Å². The number of carbonyl (C=O) groups excluding carboxylic acids is 2. The number of esters is 1. The summed E-state index contributed by atoms with van der Waals surface area (Å²) in [5.41, 5.74) is 0.667. The lowest BCUT2D eigenvalue weighted by atomic mass is 10.2. The third-order valence-electron chi connectivity index (χ3n) is 2.67. The molecule has 0 saturated heterocycles. The maximum Gasteiger partial charge on any atom is 0.331 e. The minimum atomic E-state index is -0.629. The van der Waals surface area contributed by atoms with E-state index in [0.717, 1.165) is 4.88 Å². The first-order valence-corrected chi connectivity index (χ1v) is 7.41. The molecule has 0 spiro atoms. The second kappa shape index (κ2) is 8.09. The summed E-state index contributed by atoms with van der Waals surface area (Å²) in [6.45, 7) is 0.0808. The molecule has 0 aliphatic heterocycles. The molecule has 0 radical (unpaired) electrons. The molecule has 0 fully saturated rings. The number of hydrogen-bond donors (Lipinski definition) is 1. The van der Waals surface area contributed by atoms with Crippen molar-refractivity contribution in [3.8, 4) is 0 Å². The summed E-state index contributed by atoms with van der Waals surface area (Å²) in [5.74, 6) is -1.34. The highest BCUT2D eigenvalue weighted by Crippen LogP contribution is 2.07. The molecule has 0 bridgehead atoms. The van der Waals surface area contributed by atoms with Gasteiger partial charge in [-0.25, -0.2) is 9.18 Å². The van der Waals surface area contributed by atoms with Crippen molar-refractivity contribution in [2.45, 2.75) is 6.54 Å². The summed E-state index contributed by atoms with van der Waals surface area (Å²) in [7, 11) is 0. The Hall–Kier alpha value is -2.47. The van der Waals surface area contributed by atoms with Crippen LogP contribution in [-0.2, 0) is 20.9 Å². The van der Waals surface area contributed by atoms with E-state index in [0.29, 0.717) is 12.1 Å². The summed E-state index contributed by atoms with van der Waals surface area (Å²) in [5, 5.41) is 4.57. The van der Waals surface area contributed by atoms with Gasteiger partial charge in [0, 0.05) is 11.0 Å². The van der Waals surface area contributed by atoms with Crippen molar-refractivity contribution in [1.82, 2.24) is 5.32 Å². The molecule has 1 amide bonds. The van der Waals surface area contributed by atoms with E-state index < -0.39 is 5.97 Å². The van der Waals surface area contributed by atoms with Gasteiger partial charge in [0.2, 0.25) is 0 Å². The molecule has 0 unspecified atom stereocenters. The highest BCUT2D eigenvalue weighted by Gasteiger charge is 2.05. The maximum absolute atomic E-state index is 12.7. The number of rotatable bonds is 6. The largest absolute Gasteiger partial charge is 0.452 e. The van der Waals surface area contributed by atoms with Crippen LogP contribution >= 0.6 is 11.3 Å². The summed E-state index contributed by atoms with van der Waals surface area (Å²) in [6, 6.07) is 9.46. The van der Waals surface area contributed by atoms with Crippen molar-refractivity contribution in [2.75, 3.05) is 6.61 Å². The van der Waals surface area contributed by atoms with Crippen LogP contribution in [0, 0.1) is 5.82 Å². The Labute approximate surface area is 131 Å². The van der Waals surface area contributed by atoms with Gasteiger partial charge >= 0.3 is 5.97 Å². The smallest absolute Gasteiger partial charge is 0.331 e. The molecule has 0 atom stereocenters. The predicted octanol–water partition coefficient (Wildman–Crippen LogP) is 2.76. The Morgan fingerprint density at radius 2 is 2.00 bits per heavy atom. The summed E-state index contributed by atoms with van der Waals surface area (Å²) in [6.07, 6.45) is 2.69. The Morgan fingerprint density at radius 3 is 2.68 bits per heavy atom. The third-order valence-corrected chi connectivity index (χ3v) is 3.54. The summed E-state index contributed by atoms with van der Waals surface area (Å²) < 4.78 is 17.5. The molecule has 0 saturated carbocycles. The molecule has 1 aromatic carbocycles.